The molecule has 27 heavy (non-hydrogen) atoms. The minimum Gasteiger partial charge on any atom is -0.352 e. The molecule has 1 fully saturated rings. The van der Waals surface area contributed by atoms with Crippen LogP contribution in [-0.4, -0.2) is 40.0 Å². The van der Waals surface area contributed by atoms with E-state index in [1.54, 1.807) is 0 Å². The standard InChI is InChI=1S/C17H25FN8O/c1-3-4-8-25(9-7-18)16-14-17(20-15(19-16)12-5-6-12)26(24-21-14)10-13-11(2)22-27-23-13/h12,21,24H,3-10H2,1-2H3. The Balaban J connectivity index is 1.68. The molecule has 0 unspecified atom stereocenters. The van der Waals surface area contributed by atoms with Gasteiger partial charge in [-0.2, -0.15) is 0 Å². The van der Waals surface area contributed by atoms with Gasteiger partial charge in [0.05, 0.1) is 6.54 Å². The summed E-state index contributed by atoms with van der Waals surface area (Å²) in [6.07, 6.45) is 4.23. The van der Waals surface area contributed by atoms with E-state index in [2.05, 4.69) is 28.2 Å². The van der Waals surface area contributed by atoms with E-state index < -0.39 is 6.67 Å². The van der Waals surface area contributed by atoms with E-state index in [-0.39, 0.29) is 0 Å². The van der Waals surface area contributed by atoms with E-state index >= 15 is 0 Å². The van der Waals surface area contributed by atoms with Crippen LogP contribution in [0.1, 0.15) is 55.7 Å². The van der Waals surface area contributed by atoms with Crippen LogP contribution in [0.15, 0.2) is 4.63 Å². The molecule has 2 aromatic rings. The lowest BCUT2D eigenvalue weighted by molar-refractivity contribution is 0.301. The molecule has 0 saturated heterocycles. The lowest BCUT2D eigenvalue weighted by Crippen LogP contribution is -2.36. The average molecular weight is 376 g/mol. The summed E-state index contributed by atoms with van der Waals surface area (Å²) in [5.41, 5.74) is 8.53. The maximum absolute atomic E-state index is 13.2. The predicted molar refractivity (Wildman–Crippen MR) is 99.1 cm³/mol. The number of halogens is 1. The highest BCUT2D eigenvalue weighted by Gasteiger charge is 2.34. The highest BCUT2D eigenvalue weighted by atomic mass is 19.1. The van der Waals surface area contributed by atoms with E-state index in [1.807, 2.05) is 16.8 Å². The monoisotopic (exact) mass is 376 g/mol. The molecule has 2 N–H and O–H groups in total. The summed E-state index contributed by atoms with van der Waals surface area (Å²) in [5, 5.41) is 9.65. The van der Waals surface area contributed by atoms with Gasteiger partial charge in [-0.1, -0.05) is 23.7 Å². The molecule has 0 aromatic carbocycles. The Morgan fingerprint density at radius 3 is 2.78 bits per heavy atom. The molecule has 1 aliphatic carbocycles. The molecule has 9 nitrogen and oxygen atoms in total. The molecule has 4 rings (SSSR count). The van der Waals surface area contributed by atoms with Crippen LogP contribution in [0.5, 0.6) is 0 Å². The first-order valence-electron chi connectivity index (χ1n) is 9.51. The summed E-state index contributed by atoms with van der Waals surface area (Å²) in [6.45, 7) is 5.11. The summed E-state index contributed by atoms with van der Waals surface area (Å²) in [4.78, 5) is 11.6. The second kappa shape index (κ2) is 7.63. The second-order valence-electron chi connectivity index (χ2n) is 7.03. The molecule has 0 radical (unpaired) electrons. The molecule has 3 heterocycles. The van der Waals surface area contributed by atoms with Crippen LogP contribution < -0.4 is 20.9 Å². The van der Waals surface area contributed by atoms with Gasteiger partial charge in [-0.3, -0.25) is 10.4 Å². The Hall–Kier alpha value is -2.49. The second-order valence-corrected chi connectivity index (χ2v) is 7.03. The largest absolute Gasteiger partial charge is 0.352 e. The lowest BCUT2D eigenvalue weighted by Gasteiger charge is -2.24. The van der Waals surface area contributed by atoms with Gasteiger partial charge in [-0.05, 0) is 26.2 Å². The van der Waals surface area contributed by atoms with Crippen molar-refractivity contribution in [3.63, 3.8) is 0 Å². The van der Waals surface area contributed by atoms with E-state index in [4.69, 9.17) is 14.6 Å². The van der Waals surface area contributed by atoms with E-state index in [0.717, 1.165) is 66.8 Å². The van der Waals surface area contributed by atoms with Gasteiger partial charge in [0, 0.05) is 19.0 Å². The Kier molecular flexibility index (Phi) is 5.06. The van der Waals surface area contributed by atoms with E-state index in [9.17, 15) is 4.39 Å². The fraction of sp³-hybridized carbons (Fsp3) is 0.647. The highest BCUT2D eigenvalue weighted by Crippen LogP contribution is 2.43. The van der Waals surface area contributed by atoms with Crippen molar-refractivity contribution < 1.29 is 9.02 Å². The molecular formula is C17H25FN8O. The number of alkyl halides is 1. The number of nitrogens with zero attached hydrogens (tertiary/aromatic N) is 6. The van der Waals surface area contributed by atoms with Crippen LogP contribution in [0, 0.1) is 6.92 Å². The molecule has 0 atom stereocenters. The van der Waals surface area contributed by atoms with Crippen LogP contribution in [0.4, 0.5) is 21.7 Å². The third-order valence-electron chi connectivity index (χ3n) is 4.89. The SMILES string of the molecule is CCCCN(CCF)c1nc(C2CC2)nc2c1NNN2Cc1nonc1C. The number of nitrogens with one attached hydrogen (secondary N) is 2. The Morgan fingerprint density at radius 2 is 2.11 bits per heavy atom. The predicted octanol–water partition coefficient (Wildman–Crippen LogP) is 2.47. The summed E-state index contributed by atoms with van der Waals surface area (Å²) in [7, 11) is 0. The summed E-state index contributed by atoms with van der Waals surface area (Å²) in [6, 6.07) is 0. The van der Waals surface area contributed by atoms with Crippen LogP contribution in [0.2, 0.25) is 0 Å². The zero-order valence-electron chi connectivity index (χ0n) is 15.7. The van der Waals surface area contributed by atoms with Crippen molar-refractivity contribution in [3.8, 4) is 0 Å². The molecule has 10 heteroatoms. The zero-order chi connectivity index (χ0) is 18.8. The van der Waals surface area contributed by atoms with Crippen LogP contribution in [0.25, 0.3) is 0 Å². The summed E-state index contributed by atoms with van der Waals surface area (Å²) >= 11 is 0. The van der Waals surface area contributed by atoms with Crippen molar-refractivity contribution in [1.82, 2.24) is 25.8 Å². The minimum absolute atomic E-state index is 0.321. The van der Waals surface area contributed by atoms with E-state index in [0.29, 0.717) is 19.0 Å². The number of fused-ring (bicyclic) bond motifs is 1. The molecule has 0 bridgehead atoms. The van der Waals surface area contributed by atoms with Gasteiger partial charge in [-0.15, -0.1) is 5.53 Å². The Morgan fingerprint density at radius 1 is 1.26 bits per heavy atom. The lowest BCUT2D eigenvalue weighted by atomic mass is 10.2. The molecule has 0 spiro atoms. The van der Waals surface area contributed by atoms with Crippen molar-refractivity contribution in [2.24, 2.45) is 0 Å². The van der Waals surface area contributed by atoms with Crippen LogP contribution >= 0.6 is 0 Å². The molecule has 146 valence electrons. The number of hydrazine groups is 2. The third-order valence-corrected chi connectivity index (χ3v) is 4.89. The zero-order valence-corrected chi connectivity index (χ0v) is 15.7. The average Bonchev–Trinajstić information content (AvgIpc) is 3.34. The molecule has 2 aromatic heterocycles. The quantitative estimate of drug-likeness (QED) is 0.684. The molecular weight excluding hydrogens is 351 g/mol. The van der Waals surface area contributed by atoms with Crippen molar-refractivity contribution in [3.05, 3.63) is 17.2 Å². The van der Waals surface area contributed by atoms with E-state index in [1.165, 1.54) is 0 Å². The first-order chi connectivity index (χ1) is 13.2. The fourth-order valence-electron chi connectivity index (χ4n) is 3.12. The molecule has 1 aliphatic heterocycles. The molecule has 0 amide bonds. The highest BCUT2D eigenvalue weighted by molar-refractivity contribution is 5.81. The van der Waals surface area contributed by atoms with Crippen molar-refractivity contribution in [1.29, 1.82) is 0 Å². The minimum atomic E-state index is -0.414. The smallest absolute Gasteiger partial charge is 0.175 e. The van der Waals surface area contributed by atoms with Crippen molar-refractivity contribution in [2.45, 2.75) is 52.0 Å². The molecule has 1 saturated carbocycles. The maximum Gasteiger partial charge on any atom is 0.175 e. The third kappa shape index (κ3) is 3.66. The topological polar surface area (TPSA) is 95.2 Å². The summed E-state index contributed by atoms with van der Waals surface area (Å²) < 4.78 is 18.0. The van der Waals surface area contributed by atoms with Crippen LogP contribution in [0.3, 0.4) is 0 Å². The number of anilines is 3. The van der Waals surface area contributed by atoms with Crippen LogP contribution in [-0.2, 0) is 6.54 Å². The van der Waals surface area contributed by atoms with Gasteiger partial charge in [-0.25, -0.2) is 19.0 Å². The number of hydrogen-bond acceptors (Lipinski definition) is 9. The van der Waals surface area contributed by atoms with Gasteiger partial charge in [0.25, 0.3) is 0 Å². The normalized spacial score (nSPS) is 15.7. The summed E-state index contributed by atoms with van der Waals surface area (Å²) in [5.74, 6) is 2.74. The number of aromatic nitrogens is 4. The van der Waals surface area contributed by atoms with Gasteiger partial charge in [0.15, 0.2) is 11.6 Å². The van der Waals surface area contributed by atoms with Gasteiger partial charge in [0.2, 0.25) is 0 Å². The fourth-order valence-corrected chi connectivity index (χ4v) is 3.12. The van der Waals surface area contributed by atoms with Gasteiger partial charge in [0.1, 0.15) is 29.6 Å². The first-order valence-corrected chi connectivity index (χ1v) is 9.51. The maximum atomic E-state index is 13.2. The van der Waals surface area contributed by atoms with Gasteiger partial charge < -0.3 is 4.90 Å². The van der Waals surface area contributed by atoms with Crippen molar-refractivity contribution in [2.75, 3.05) is 35.1 Å². The first kappa shape index (κ1) is 17.9. The molecule has 2 aliphatic rings. The Labute approximate surface area is 157 Å². The number of unbranched alkanes of at least 4 members (excludes halogenated alkanes) is 1. The Bertz CT molecular complexity index is 793. The number of aryl methyl sites for hydroxylation is 1. The van der Waals surface area contributed by atoms with Crippen molar-refractivity contribution >= 4 is 17.3 Å². The number of hydrogen-bond donors (Lipinski definition) is 2. The van der Waals surface area contributed by atoms with Gasteiger partial charge >= 0.3 is 0 Å². The number of rotatable bonds is 9.